The van der Waals surface area contributed by atoms with Gasteiger partial charge in [-0.1, -0.05) is 26.8 Å². The van der Waals surface area contributed by atoms with Crippen LogP contribution in [0.3, 0.4) is 0 Å². The van der Waals surface area contributed by atoms with Gasteiger partial charge in [0.2, 0.25) is 0 Å². The van der Waals surface area contributed by atoms with Gasteiger partial charge in [-0.2, -0.15) is 0 Å². The summed E-state index contributed by atoms with van der Waals surface area (Å²) in [6.45, 7) is 6.09. The van der Waals surface area contributed by atoms with Crippen LogP contribution in [0.4, 0.5) is 0 Å². The summed E-state index contributed by atoms with van der Waals surface area (Å²) in [5.41, 5.74) is 0.513. The van der Waals surface area contributed by atoms with Gasteiger partial charge in [0.05, 0.1) is 10.6 Å². The zero-order valence-corrected chi connectivity index (χ0v) is 10.4. The first-order valence-corrected chi connectivity index (χ1v) is 6.00. The van der Waals surface area contributed by atoms with E-state index in [1.165, 1.54) is 0 Å². The minimum absolute atomic E-state index is 0.0941. The van der Waals surface area contributed by atoms with E-state index in [0.29, 0.717) is 0 Å². The third kappa shape index (κ3) is 2.22. The van der Waals surface area contributed by atoms with Crippen molar-refractivity contribution >= 4 is 11.3 Å². The maximum atomic E-state index is 11.6. The van der Waals surface area contributed by atoms with E-state index in [2.05, 4.69) is 9.97 Å². The molecule has 16 heavy (non-hydrogen) atoms. The van der Waals surface area contributed by atoms with Gasteiger partial charge in [-0.05, 0) is 11.4 Å². The van der Waals surface area contributed by atoms with Crippen LogP contribution in [0.1, 0.15) is 26.6 Å². The molecule has 0 amide bonds. The Morgan fingerprint density at radius 2 is 2.12 bits per heavy atom. The van der Waals surface area contributed by atoms with Gasteiger partial charge in [0.1, 0.15) is 5.82 Å². The number of nitrogens with one attached hydrogen (secondary N) is 1. The van der Waals surface area contributed by atoms with Gasteiger partial charge in [-0.3, -0.25) is 4.79 Å². The molecule has 0 saturated carbocycles. The minimum atomic E-state index is -0.146. The number of H-pyrrole nitrogens is 1. The van der Waals surface area contributed by atoms with Crippen molar-refractivity contribution in [3.63, 3.8) is 0 Å². The monoisotopic (exact) mass is 234 g/mol. The molecule has 0 aliphatic heterocycles. The van der Waals surface area contributed by atoms with Gasteiger partial charge in [0, 0.05) is 11.5 Å². The maximum Gasteiger partial charge on any atom is 0.251 e. The Balaban J connectivity index is 2.57. The normalized spacial score (nSPS) is 11.7. The predicted octanol–water partition coefficient (Wildman–Crippen LogP) is 2.80. The van der Waals surface area contributed by atoms with Crippen molar-refractivity contribution < 1.29 is 0 Å². The van der Waals surface area contributed by atoms with E-state index in [1.807, 2.05) is 38.3 Å². The molecule has 0 saturated heterocycles. The Hall–Kier alpha value is -1.42. The quantitative estimate of drug-likeness (QED) is 0.824. The topological polar surface area (TPSA) is 45.8 Å². The lowest BCUT2D eigenvalue weighted by Crippen LogP contribution is -2.21. The van der Waals surface area contributed by atoms with Crippen LogP contribution >= 0.6 is 11.3 Å². The molecule has 2 rings (SSSR count). The molecular formula is C12H14N2OS. The summed E-state index contributed by atoms with van der Waals surface area (Å²) in [6.07, 6.45) is 0. The van der Waals surface area contributed by atoms with E-state index in [4.69, 9.17) is 0 Å². The molecule has 1 N–H and O–H groups in total. The summed E-state index contributed by atoms with van der Waals surface area (Å²) in [7, 11) is 0. The SMILES string of the molecule is CC(C)(C)c1nc(-c2cccs2)cc(=O)[nH]1. The molecule has 0 radical (unpaired) electrons. The average Bonchev–Trinajstić information content (AvgIpc) is 2.68. The molecule has 0 aromatic carbocycles. The zero-order chi connectivity index (χ0) is 11.8. The van der Waals surface area contributed by atoms with Crippen molar-refractivity contribution in [2.24, 2.45) is 0 Å². The van der Waals surface area contributed by atoms with E-state index in [-0.39, 0.29) is 11.0 Å². The Morgan fingerprint density at radius 1 is 1.38 bits per heavy atom. The highest BCUT2D eigenvalue weighted by atomic mass is 32.1. The summed E-state index contributed by atoms with van der Waals surface area (Å²) in [6, 6.07) is 5.47. The fourth-order valence-electron chi connectivity index (χ4n) is 1.36. The zero-order valence-electron chi connectivity index (χ0n) is 9.57. The van der Waals surface area contributed by atoms with Gasteiger partial charge in [-0.25, -0.2) is 4.98 Å². The molecule has 2 aromatic heterocycles. The van der Waals surface area contributed by atoms with Crippen molar-refractivity contribution in [1.29, 1.82) is 0 Å². The van der Waals surface area contributed by atoms with E-state index < -0.39 is 0 Å². The highest BCUT2D eigenvalue weighted by Gasteiger charge is 2.17. The molecule has 0 fully saturated rings. The van der Waals surface area contributed by atoms with Gasteiger partial charge in [0.15, 0.2) is 0 Å². The van der Waals surface area contributed by atoms with Crippen LogP contribution in [0.5, 0.6) is 0 Å². The van der Waals surface area contributed by atoms with Gasteiger partial charge < -0.3 is 4.98 Å². The van der Waals surface area contributed by atoms with Crippen LogP contribution in [0.2, 0.25) is 0 Å². The number of aromatic amines is 1. The summed E-state index contributed by atoms with van der Waals surface area (Å²) in [5.74, 6) is 0.725. The first-order valence-electron chi connectivity index (χ1n) is 5.12. The fraction of sp³-hybridized carbons (Fsp3) is 0.333. The predicted molar refractivity (Wildman–Crippen MR) is 66.9 cm³/mol. The van der Waals surface area contributed by atoms with Gasteiger partial charge in [-0.15, -0.1) is 11.3 Å². The Kier molecular flexibility index (Phi) is 2.68. The van der Waals surface area contributed by atoms with E-state index in [9.17, 15) is 4.79 Å². The molecule has 84 valence electrons. The maximum absolute atomic E-state index is 11.6. The van der Waals surface area contributed by atoms with E-state index in [0.717, 1.165) is 16.4 Å². The largest absolute Gasteiger partial charge is 0.310 e. The third-order valence-electron chi connectivity index (χ3n) is 2.23. The summed E-state index contributed by atoms with van der Waals surface area (Å²) < 4.78 is 0. The summed E-state index contributed by atoms with van der Waals surface area (Å²) >= 11 is 1.59. The van der Waals surface area contributed by atoms with Crippen LogP contribution < -0.4 is 5.56 Å². The molecule has 4 heteroatoms. The minimum Gasteiger partial charge on any atom is -0.310 e. The van der Waals surface area contributed by atoms with Crippen molar-refractivity contribution in [1.82, 2.24) is 9.97 Å². The van der Waals surface area contributed by atoms with Crippen LogP contribution in [0.15, 0.2) is 28.4 Å². The van der Waals surface area contributed by atoms with E-state index in [1.54, 1.807) is 17.4 Å². The first kappa shape index (κ1) is 11.1. The smallest absolute Gasteiger partial charge is 0.251 e. The molecule has 2 heterocycles. The van der Waals surface area contributed by atoms with Crippen LogP contribution in [-0.4, -0.2) is 9.97 Å². The summed E-state index contributed by atoms with van der Waals surface area (Å²) in [4.78, 5) is 19.9. The van der Waals surface area contributed by atoms with Crippen LogP contribution in [0.25, 0.3) is 10.6 Å². The van der Waals surface area contributed by atoms with Crippen molar-refractivity contribution in [2.75, 3.05) is 0 Å². The highest BCUT2D eigenvalue weighted by molar-refractivity contribution is 7.13. The lowest BCUT2D eigenvalue weighted by Gasteiger charge is -2.17. The molecular weight excluding hydrogens is 220 g/mol. The second-order valence-corrected chi connectivity index (χ2v) is 5.65. The van der Waals surface area contributed by atoms with E-state index >= 15 is 0 Å². The second kappa shape index (κ2) is 3.87. The number of nitrogens with zero attached hydrogens (tertiary/aromatic N) is 1. The van der Waals surface area contributed by atoms with Crippen molar-refractivity contribution in [3.8, 4) is 10.6 Å². The van der Waals surface area contributed by atoms with Gasteiger partial charge in [0.25, 0.3) is 5.56 Å². The summed E-state index contributed by atoms with van der Waals surface area (Å²) in [5, 5.41) is 1.98. The molecule has 0 bridgehead atoms. The molecule has 0 aliphatic carbocycles. The molecule has 0 aliphatic rings. The first-order chi connectivity index (χ1) is 7.47. The number of hydrogen-bond donors (Lipinski definition) is 1. The van der Waals surface area contributed by atoms with Crippen molar-refractivity contribution in [2.45, 2.75) is 26.2 Å². The fourth-order valence-corrected chi connectivity index (χ4v) is 2.05. The highest BCUT2D eigenvalue weighted by Crippen LogP contribution is 2.24. The molecule has 3 nitrogen and oxygen atoms in total. The lowest BCUT2D eigenvalue weighted by molar-refractivity contribution is 0.543. The molecule has 0 atom stereocenters. The van der Waals surface area contributed by atoms with Crippen molar-refractivity contribution in [3.05, 3.63) is 39.8 Å². The van der Waals surface area contributed by atoms with Crippen LogP contribution in [-0.2, 0) is 5.41 Å². The Morgan fingerprint density at radius 3 is 2.69 bits per heavy atom. The van der Waals surface area contributed by atoms with Gasteiger partial charge >= 0.3 is 0 Å². The number of hydrogen-bond acceptors (Lipinski definition) is 3. The third-order valence-corrected chi connectivity index (χ3v) is 3.12. The lowest BCUT2D eigenvalue weighted by atomic mass is 9.95. The second-order valence-electron chi connectivity index (χ2n) is 4.71. The molecule has 0 spiro atoms. The average molecular weight is 234 g/mol. The Bertz CT molecular complexity index is 535. The standard InChI is InChI=1S/C12H14N2OS/c1-12(2,3)11-13-8(7-10(15)14-11)9-5-4-6-16-9/h4-7H,1-3H3,(H,13,14,15). The Labute approximate surface area is 98.2 Å². The number of rotatable bonds is 1. The molecule has 0 unspecified atom stereocenters. The van der Waals surface area contributed by atoms with Crippen LogP contribution in [0, 0.1) is 0 Å². The molecule has 2 aromatic rings. The number of thiophene rings is 1. The number of aromatic nitrogens is 2.